The normalized spacial score (nSPS) is 47.5. The molecule has 0 aromatic rings. The van der Waals surface area contributed by atoms with Gasteiger partial charge >= 0.3 is 17.9 Å². The van der Waals surface area contributed by atoms with Crippen molar-refractivity contribution in [3.05, 3.63) is 11.6 Å². The molecule has 0 aliphatic heterocycles. The largest absolute Gasteiger partial charge is 0.481 e. The molecule has 5 aliphatic carbocycles. The van der Waals surface area contributed by atoms with E-state index in [-0.39, 0.29) is 51.3 Å². The number of fused-ring (bicyclic) bond motifs is 7. The van der Waals surface area contributed by atoms with E-state index < -0.39 is 35.2 Å². The summed E-state index contributed by atoms with van der Waals surface area (Å²) >= 11 is 0. The van der Waals surface area contributed by atoms with E-state index in [1.54, 1.807) is 0 Å². The van der Waals surface area contributed by atoms with Crippen LogP contribution in [-0.2, 0) is 23.9 Å². The highest BCUT2D eigenvalue weighted by molar-refractivity contribution is 5.96. The third-order valence-corrected chi connectivity index (χ3v) is 13.6. The van der Waals surface area contributed by atoms with Crippen LogP contribution in [0.15, 0.2) is 11.6 Å². The highest BCUT2D eigenvalue weighted by Crippen LogP contribution is 2.75. The molecule has 9 atom stereocenters. The lowest BCUT2D eigenvalue weighted by atomic mass is 9.33. The minimum atomic E-state index is -1.19. The van der Waals surface area contributed by atoms with E-state index in [1.807, 2.05) is 13.0 Å². The predicted molar refractivity (Wildman–Crippen MR) is 149 cm³/mol. The van der Waals surface area contributed by atoms with E-state index in [0.29, 0.717) is 19.3 Å². The average molecular weight is 557 g/mol. The SMILES string of the molecule is CC1(C)[C@@H](OC(=O)CC(=O)O)CC[C@]2(C)[C@H]3C(=O)C=C4[C@@H]5C[C@@](C)(C(=O)O)CC[C@]5(C)CC[C@@]4(C)[C@]3(C)CC[C@@H]12. The number of carboxylic acid groups (broad SMARTS) is 2. The maximum Gasteiger partial charge on any atom is 0.317 e. The molecule has 0 heterocycles. The van der Waals surface area contributed by atoms with Crippen LogP contribution in [0.5, 0.6) is 0 Å². The van der Waals surface area contributed by atoms with Crippen LogP contribution >= 0.6 is 0 Å². The van der Waals surface area contributed by atoms with E-state index in [1.165, 1.54) is 5.57 Å². The zero-order chi connectivity index (χ0) is 29.7. The summed E-state index contributed by atoms with van der Waals surface area (Å²) in [7, 11) is 0. The van der Waals surface area contributed by atoms with E-state index >= 15 is 0 Å². The molecule has 2 N–H and O–H groups in total. The lowest BCUT2D eigenvalue weighted by molar-refractivity contribution is -0.211. The Bertz CT molecular complexity index is 1190. The van der Waals surface area contributed by atoms with Crippen molar-refractivity contribution in [1.82, 2.24) is 0 Å². The molecular formula is C33H48O7. The Labute approximate surface area is 238 Å². The highest BCUT2D eigenvalue weighted by Gasteiger charge is 2.70. The number of hydrogen-bond acceptors (Lipinski definition) is 5. The van der Waals surface area contributed by atoms with E-state index in [4.69, 9.17) is 9.84 Å². The molecule has 0 unspecified atom stereocenters. The number of allylic oxidation sites excluding steroid dienone is 2. The van der Waals surface area contributed by atoms with Crippen LogP contribution in [0.3, 0.4) is 0 Å². The molecule has 0 aromatic carbocycles. The smallest absolute Gasteiger partial charge is 0.317 e. The summed E-state index contributed by atoms with van der Waals surface area (Å²) in [5, 5.41) is 19.2. The van der Waals surface area contributed by atoms with Crippen molar-refractivity contribution in [3.63, 3.8) is 0 Å². The Morgan fingerprint density at radius 3 is 2.17 bits per heavy atom. The molecule has 7 nitrogen and oxygen atoms in total. The van der Waals surface area contributed by atoms with Crippen molar-refractivity contribution in [2.75, 3.05) is 0 Å². The van der Waals surface area contributed by atoms with Gasteiger partial charge in [-0.15, -0.1) is 0 Å². The Morgan fingerprint density at radius 2 is 1.55 bits per heavy atom. The van der Waals surface area contributed by atoms with Gasteiger partial charge in [0, 0.05) is 11.3 Å². The minimum absolute atomic E-state index is 0.0186. The van der Waals surface area contributed by atoms with Gasteiger partial charge in [-0.05, 0) is 104 Å². The Balaban J connectivity index is 1.52. The van der Waals surface area contributed by atoms with Gasteiger partial charge in [-0.3, -0.25) is 19.2 Å². The molecule has 4 saturated carbocycles. The van der Waals surface area contributed by atoms with Crippen LogP contribution in [0.4, 0.5) is 0 Å². The molecule has 7 heteroatoms. The van der Waals surface area contributed by atoms with Crippen molar-refractivity contribution < 1.29 is 34.1 Å². The van der Waals surface area contributed by atoms with Gasteiger partial charge in [0.1, 0.15) is 12.5 Å². The Morgan fingerprint density at radius 1 is 0.900 bits per heavy atom. The standard InChI is InChI=1S/C33H48O7/c1-28(2)22-8-11-33(7)26(31(22,5)10-9-23(28)40-25(37)17-24(35)36)21(34)16-19-20-18-30(4,27(38)39)13-12-29(20,3)14-15-32(19,33)6/h16,20,22-23,26H,8-15,17-18H2,1-7H3,(H,35,36)(H,38,39)/t20-,22-,23-,26+,29+,30-,31-,32+,33+/m0/s1. The summed E-state index contributed by atoms with van der Waals surface area (Å²) in [5.74, 6) is -2.36. The molecule has 40 heavy (non-hydrogen) atoms. The number of esters is 1. The zero-order valence-electron chi connectivity index (χ0n) is 25.4. The number of hydrogen-bond donors (Lipinski definition) is 2. The number of aliphatic carboxylic acids is 2. The van der Waals surface area contributed by atoms with Gasteiger partial charge < -0.3 is 14.9 Å². The second kappa shape index (κ2) is 8.91. The molecule has 5 aliphatic rings. The van der Waals surface area contributed by atoms with Gasteiger partial charge in [0.2, 0.25) is 0 Å². The number of ether oxygens (including phenoxy) is 1. The molecule has 5 rings (SSSR count). The summed E-state index contributed by atoms with van der Waals surface area (Å²) in [4.78, 5) is 50.1. The minimum Gasteiger partial charge on any atom is -0.481 e. The molecule has 222 valence electrons. The first-order valence-corrected chi connectivity index (χ1v) is 15.2. The average Bonchev–Trinajstić information content (AvgIpc) is 2.82. The summed E-state index contributed by atoms with van der Waals surface area (Å²) in [5.41, 5.74) is -0.660. The van der Waals surface area contributed by atoms with Crippen molar-refractivity contribution in [1.29, 1.82) is 0 Å². The van der Waals surface area contributed by atoms with Gasteiger partial charge in [-0.25, -0.2) is 0 Å². The first-order valence-electron chi connectivity index (χ1n) is 15.2. The van der Waals surface area contributed by atoms with Crippen LogP contribution < -0.4 is 0 Å². The van der Waals surface area contributed by atoms with Crippen molar-refractivity contribution in [2.45, 2.75) is 119 Å². The molecule has 0 radical (unpaired) electrons. The lowest BCUT2D eigenvalue weighted by Crippen LogP contribution is -2.66. The molecular weight excluding hydrogens is 508 g/mol. The maximum absolute atomic E-state index is 14.4. The van der Waals surface area contributed by atoms with Gasteiger partial charge in [0.25, 0.3) is 0 Å². The van der Waals surface area contributed by atoms with Crippen LogP contribution in [0.1, 0.15) is 113 Å². The third-order valence-electron chi connectivity index (χ3n) is 13.6. The fourth-order valence-corrected chi connectivity index (χ4v) is 10.9. The molecule has 0 aromatic heterocycles. The topological polar surface area (TPSA) is 118 Å². The van der Waals surface area contributed by atoms with Crippen LogP contribution in [0.25, 0.3) is 0 Å². The second-order valence-electron chi connectivity index (χ2n) is 16.0. The zero-order valence-corrected chi connectivity index (χ0v) is 25.4. The van der Waals surface area contributed by atoms with E-state index in [9.17, 15) is 24.3 Å². The second-order valence-corrected chi connectivity index (χ2v) is 16.0. The number of carbonyl (C=O) groups is 4. The van der Waals surface area contributed by atoms with Crippen molar-refractivity contribution >= 4 is 23.7 Å². The molecule has 0 saturated heterocycles. The summed E-state index contributed by atoms with van der Waals surface area (Å²) in [6.45, 7) is 15.4. The first-order chi connectivity index (χ1) is 18.3. The van der Waals surface area contributed by atoms with Crippen LogP contribution in [0.2, 0.25) is 0 Å². The quantitative estimate of drug-likeness (QED) is 0.302. The van der Waals surface area contributed by atoms with E-state index in [2.05, 4.69) is 41.5 Å². The maximum atomic E-state index is 14.4. The number of carbonyl (C=O) groups excluding carboxylic acids is 2. The number of rotatable bonds is 4. The Kier molecular flexibility index (Phi) is 6.53. The number of carboxylic acids is 2. The summed E-state index contributed by atoms with van der Waals surface area (Å²) in [6.07, 6.45) is 8.29. The monoisotopic (exact) mass is 556 g/mol. The van der Waals surface area contributed by atoms with E-state index in [0.717, 1.165) is 38.5 Å². The summed E-state index contributed by atoms with van der Waals surface area (Å²) < 4.78 is 5.75. The van der Waals surface area contributed by atoms with Crippen LogP contribution in [-0.4, -0.2) is 40.0 Å². The fraction of sp³-hybridized carbons (Fsp3) is 0.818. The third kappa shape index (κ3) is 3.88. The Hall–Kier alpha value is -2.18. The van der Waals surface area contributed by atoms with Crippen molar-refractivity contribution in [2.24, 2.45) is 50.2 Å². The lowest BCUT2D eigenvalue weighted by Gasteiger charge is -2.70. The van der Waals surface area contributed by atoms with Gasteiger partial charge in [-0.2, -0.15) is 0 Å². The van der Waals surface area contributed by atoms with Gasteiger partial charge in [-0.1, -0.05) is 47.1 Å². The number of ketones is 1. The van der Waals surface area contributed by atoms with Gasteiger partial charge in [0.05, 0.1) is 5.41 Å². The highest BCUT2D eigenvalue weighted by atomic mass is 16.5. The molecule has 0 amide bonds. The molecule has 0 bridgehead atoms. The first kappa shape index (κ1) is 29.3. The molecule has 4 fully saturated rings. The van der Waals surface area contributed by atoms with Crippen LogP contribution in [0, 0.1) is 50.2 Å². The fourth-order valence-electron chi connectivity index (χ4n) is 10.9. The predicted octanol–water partition coefficient (Wildman–Crippen LogP) is 6.44. The molecule has 0 spiro atoms. The van der Waals surface area contributed by atoms with Crippen molar-refractivity contribution in [3.8, 4) is 0 Å². The summed E-state index contributed by atoms with van der Waals surface area (Å²) in [6, 6.07) is 0. The van der Waals surface area contributed by atoms with Gasteiger partial charge in [0.15, 0.2) is 5.78 Å².